The van der Waals surface area contributed by atoms with E-state index >= 15 is 0 Å². The van der Waals surface area contributed by atoms with E-state index in [2.05, 4.69) is 20.8 Å². The number of ether oxygens (including phenoxy) is 1. The molecular weight excluding hydrogens is 316 g/mol. The third-order valence-corrected chi connectivity index (χ3v) is 3.84. The molecule has 0 spiro atoms. The molecule has 2 heterocycles. The van der Waals surface area contributed by atoms with Crippen LogP contribution in [0.3, 0.4) is 0 Å². The molecule has 2 aromatic rings. The molecule has 1 aliphatic heterocycles. The molecule has 7 heteroatoms. The molecule has 0 bridgehead atoms. The number of carbonyl (C=O) groups is 1. The number of amides is 1. The number of hydrogen-bond donors (Lipinski definition) is 2. The number of aromatic nitrogens is 2. The number of aryl methyl sites for hydroxylation is 1. The van der Waals surface area contributed by atoms with Gasteiger partial charge in [-0.2, -0.15) is 0 Å². The molecule has 1 aromatic heterocycles. The molecular formula is C16H17ClN4O2. The Kier molecular flexibility index (Phi) is 4.73. The monoisotopic (exact) mass is 332 g/mol. The van der Waals surface area contributed by atoms with Crippen molar-refractivity contribution in [3.05, 3.63) is 40.9 Å². The molecule has 3 rings (SSSR count). The zero-order chi connectivity index (χ0) is 16.2. The highest BCUT2D eigenvalue weighted by Gasteiger charge is 2.23. The van der Waals surface area contributed by atoms with Crippen molar-refractivity contribution in [2.24, 2.45) is 0 Å². The van der Waals surface area contributed by atoms with Crippen molar-refractivity contribution >= 4 is 34.8 Å². The summed E-state index contributed by atoms with van der Waals surface area (Å²) in [5.41, 5.74) is 1.91. The molecule has 1 aliphatic rings. The first-order valence-electron chi connectivity index (χ1n) is 7.41. The van der Waals surface area contributed by atoms with Crippen LogP contribution in [0.2, 0.25) is 5.02 Å². The molecule has 0 radical (unpaired) electrons. The molecule has 1 atom stereocenters. The molecule has 0 aliphatic carbocycles. The second-order valence-corrected chi connectivity index (χ2v) is 5.82. The third kappa shape index (κ3) is 3.97. The van der Waals surface area contributed by atoms with Gasteiger partial charge in [0.2, 0.25) is 0 Å². The Morgan fingerprint density at radius 1 is 1.26 bits per heavy atom. The highest BCUT2D eigenvalue weighted by Crippen LogP contribution is 2.23. The molecule has 23 heavy (non-hydrogen) atoms. The largest absolute Gasteiger partial charge is 0.368 e. The van der Waals surface area contributed by atoms with Crippen molar-refractivity contribution in [2.45, 2.75) is 25.9 Å². The number of anilines is 3. The van der Waals surface area contributed by atoms with Crippen LogP contribution in [0, 0.1) is 6.92 Å². The van der Waals surface area contributed by atoms with E-state index in [1.807, 2.05) is 25.1 Å². The summed E-state index contributed by atoms with van der Waals surface area (Å²) >= 11 is 5.99. The fourth-order valence-corrected chi connectivity index (χ4v) is 2.50. The van der Waals surface area contributed by atoms with Crippen LogP contribution in [0.4, 0.5) is 17.3 Å². The average Bonchev–Trinajstić information content (AvgIpc) is 3.07. The first-order valence-corrected chi connectivity index (χ1v) is 7.79. The maximum absolute atomic E-state index is 11.9. The molecule has 1 saturated heterocycles. The van der Waals surface area contributed by atoms with Crippen LogP contribution in [-0.4, -0.2) is 28.8 Å². The van der Waals surface area contributed by atoms with Crippen molar-refractivity contribution in [3.8, 4) is 0 Å². The average molecular weight is 333 g/mol. The van der Waals surface area contributed by atoms with Crippen molar-refractivity contribution in [2.75, 3.05) is 17.2 Å². The lowest BCUT2D eigenvalue weighted by Crippen LogP contribution is -2.27. The molecule has 1 amide bonds. The van der Waals surface area contributed by atoms with E-state index in [1.165, 1.54) is 0 Å². The van der Waals surface area contributed by atoms with Crippen LogP contribution in [-0.2, 0) is 9.53 Å². The fourth-order valence-electron chi connectivity index (χ4n) is 2.32. The Hall–Kier alpha value is -2.18. The molecule has 2 N–H and O–H groups in total. The predicted octanol–water partition coefficient (Wildman–Crippen LogP) is 3.30. The highest BCUT2D eigenvalue weighted by molar-refractivity contribution is 6.30. The van der Waals surface area contributed by atoms with Gasteiger partial charge in [-0.15, -0.1) is 10.2 Å². The van der Waals surface area contributed by atoms with Gasteiger partial charge in [0.1, 0.15) is 6.10 Å². The lowest BCUT2D eigenvalue weighted by molar-refractivity contribution is -0.124. The lowest BCUT2D eigenvalue weighted by Gasteiger charge is -2.11. The third-order valence-electron chi connectivity index (χ3n) is 3.60. The van der Waals surface area contributed by atoms with E-state index < -0.39 is 0 Å². The summed E-state index contributed by atoms with van der Waals surface area (Å²) in [6, 6.07) is 9.03. The van der Waals surface area contributed by atoms with Crippen LogP contribution in [0.15, 0.2) is 30.3 Å². The SMILES string of the molecule is Cc1ccc(Cl)cc1Nc1ccc(NC(=O)C2CCCO2)nn1. The topological polar surface area (TPSA) is 76.1 Å². The quantitative estimate of drug-likeness (QED) is 0.898. The number of halogens is 1. The Bertz CT molecular complexity index is 700. The normalized spacial score (nSPS) is 17.0. The zero-order valence-electron chi connectivity index (χ0n) is 12.7. The van der Waals surface area contributed by atoms with Crippen molar-refractivity contribution in [1.29, 1.82) is 0 Å². The number of carbonyl (C=O) groups excluding carboxylic acids is 1. The van der Waals surface area contributed by atoms with Gasteiger partial charge >= 0.3 is 0 Å². The second-order valence-electron chi connectivity index (χ2n) is 5.38. The maximum atomic E-state index is 11.9. The highest BCUT2D eigenvalue weighted by atomic mass is 35.5. The Morgan fingerprint density at radius 3 is 2.74 bits per heavy atom. The van der Waals surface area contributed by atoms with E-state index in [0.29, 0.717) is 23.3 Å². The van der Waals surface area contributed by atoms with Gasteiger partial charge in [0.15, 0.2) is 11.6 Å². The molecule has 1 fully saturated rings. The van der Waals surface area contributed by atoms with Gasteiger partial charge in [-0.1, -0.05) is 17.7 Å². The van der Waals surface area contributed by atoms with Gasteiger partial charge in [-0.05, 0) is 49.6 Å². The van der Waals surface area contributed by atoms with Gasteiger partial charge in [0, 0.05) is 17.3 Å². The minimum Gasteiger partial charge on any atom is -0.368 e. The van der Waals surface area contributed by atoms with Gasteiger partial charge < -0.3 is 15.4 Å². The smallest absolute Gasteiger partial charge is 0.254 e. The number of hydrogen-bond acceptors (Lipinski definition) is 5. The van der Waals surface area contributed by atoms with E-state index in [9.17, 15) is 4.79 Å². The number of benzene rings is 1. The Labute approximate surface area is 139 Å². The number of rotatable bonds is 4. The number of nitrogens with zero attached hydrogens (tertiary/aromatic N) is 2. The summed E-state index contributed by atoms with van der Waals surface area (Å²) in [6.07, 6.45) is 1.27. The second kappa shape index (κ2) is 6.93. The predicted molar refractivity (Wildman–Crippen MR) is 89.1 cm³/mol. The minimum atomic E-state index is -0.385. The standard InChI is InChI=1S/C16H17ClN4O2/c1-10-4-5-11(17)9-12(10)18-14-6-7-15(21-20-14)19-16(22)13-3-2-8-23-13/h4-7,9,13H,2-3,8H2,1H3,(H,18,20)(H,19,21,22). The summed E-state index contributed by atoms with van der Waals surface area (Å²) < 4.78 is 5.33. The summed E-state index contributed by atoms with van der Waals surface area (Å²) in [5, 5.41) is 14.6. The van der Waals surface area contributed by atoms with Crippen LogP contribution < -0.4 is 10.6 Å². The van der Waals surface area contributed by atoms with Crippen molar-refractivity contribution in [1.82, 2.24) is 10.2 Å². The van der Waals surface area contributed by atoms with Gasteiger partial charge in [0.05, 0.1) is 0 Å². The van der Waals surface area contributed by atoms with E-state index in [-0.39, 0.29) is 12.0 Å². The summed E-state index contributed by atoms with van der Waals surface area (Å²) in [7, 11) is 0. The zero-order valence-corrected chi connectivity index (χ0v) is 13.4. The van der Waals surface area contributed by atoms with Crippen LogP contribution >= 0.6 is 11.6 Å². The molecule has 1 unspecified atom stereocenters. The Morgan fingerprint density at radius 2 is 2.04 bits per heavy atom. The van der Waals surface area contributed by atoms with Gasteiger partial charge in [0.25, 0.3) is 5.91 Å². The first-order chi connectivity index (χ1) is 11.1. The molecule has 120 valence electrons. The lowest BCUT2D eigenvalue weighted by atomic mass is 10.2. The van der Waals surface area contributed by atoms with E-state index in [0.717, 1.165) is 24.1 Å². The van der Waals surface area contributed by atoms with Gasteiger partial charge in [-0.25, -0.2) is 0 Å². The fraction of sp³-hybridized carbons (Fsp3) is 0.312. The summed E-state index contributed by atoms with van der Waals surface area (Å²) in [5.74, 6) is 0.799. The van der Waals surface area contributed by atoms with Crippen LogP contribution in [0.5, 0.6) is 0 Å². The molecule has 1 aromatic carbocycles. The van der Waals surface area contributed by atoms with Crippen LogP contribution in [0.1, 0.15) is 18.4 Å². The number of nitrogens with one attached hydrogen (secondary N) is 2. The van der Waals surface area contributed by atoms with Crippen molar-refractivity contribution < 1.29 is 9.53 Å². The van der Waals surface area contributed by atoms with Crippen LogP contribution in [0.25, 0.3) is 0 Å². The molecule has 6 nitrogen and oxygen atoms in total. The maximum Gasteiger partial charge on any atom is 0.254 e. The van der Waals surface area contributed by atoms with Gasteiger partial charge in [-0.3, -0.25) is 4.79 Å². The van der Waals surface area contributed by atoms with E-state index in [1.54, 1.807) is 12.1 Å². The minimum absolute atomic E-state index is 0.178. The Balaban J connectivity index is 1.64. The van der Waals surface area contributed by atoms with Crippen molar-refractivity contribution in [3.63, 3.8) is 0 Å². The first kappa shape index (κ1) is 15.7. The summed E-state index contributed by atoms with van der Waals surface area (Å²) in [6.45, 7) is 2.61. The molecule has 0 saturated carbocycles. The van der Waals surface area contributed by atoms with E-state index in [4.69, 9.17) is 16.3 Å². The summed E-state index contributed by atoms with van der Waals surface area (Å²) in [4.78, 5) is 11.9.